The number of anilines is 1. The molecule has 166 valence electrons. The van der Waals surface area contributed by atoms with E-state index in [9.17, 15) is 13.2 Å². The molecule has 0 saturated carbocycles. The van der Waals surface area contributed by atoms with Gasteiger partial charge in [-0.2, -0.15) is 13.2 Å². The van der Waals surface area contributed by atoms with Crippen molar-refractivity contribution in [2.75, 3.05) is 44.8 Å². The lowest BCUT2D eigenvalue weighted by Gasteiger charge is -2.35. The molecule has 2 heterocycles. The molecule has 1 saturated heterocycles. The zero-order chi connectivity index (χ0) is 20.9. The Balaban J connectivity index is 0.00000320. The number of nitrogens with two attached hydrogens (primary N) is 1. The Morgan fingerprint density at radius 1 is 1.23 bits per heavy atom. The molecule has 0 atom stereocenters. The van der Waals surface area contributed by atoms with Gasteiger partial charge in [0.15, 0.2) is 29.2 Å². The van der Waals surface area contributed by atoms with E-state index in [-0.39, 0.29) is 42.0 Å². The number of benzene rings is 1. The smallest absolute Gasteiger partial charge is 0.422 e. The first-order valence-corrected chi connectivity index (χ1v) is 9.79. The second kappa shape index (κ2) is 10.9. The van der Waals surface area contributed by atoms with E-state index in [2.05, 4.69) is 14.9 Å². The van der Waals surface area contributed by atoms with Crippen LogP contribution in [0, 0.1) is 0 Å². The number of halogens is 4. The predicted octanol–water partition coefficient (Wildman–Crippen LogP) is 3.35. The fourth-order valence-corrected chi connectivity index (χ4v) is 3.56. The third-order valence-electron chi connectivity index (χ3n) is 4.34. The van der Waals surface area contributed by atoms with Gasteiger partial charge in [0.1, 0.15) is 0 Å². The molecule has 7 nitrogen and oxygen atoms in total. The van der Waals surface area contributed by atoms with Crippen molar-refractivity contribution in [2.24, 2.45) is 10.7 Å². The van der Waals surface area contributed by atoms with Crippen molar-refractivity contribution < 1.29 is 22.6 Å². The second-order valence-electron chi connectivity index (χ2n) is 6.35. The normalized spacial score (nSPS) is 15.0. The van der Waals surface area contributed by atoms with Crippen LogP contribution in [0.2, 0.25) is 0 Å². The van der Waals surface area contributed by atoms with Crippen LogP contribution in [0.5, 0.6) is 11.5 Å². The molecule has 0 unspecified atom stereocenters. The van der Waals surface area contributed by atoms with E-state index in [0.29, 0.717) is 5.96 Å². The van der Waals surface area contributed by atoms with Gasteiger partial charge in [-0.05, 0) is 17.7 Å². The summed E-state index contributed by atoms with van der Waals surface area (Å²) in [7, 11) is 1.37. The van der Waals surface area contributed by atoms with Gasteiger partial charge < -0.3 is 25.0 Å². The van der Waals surface area contributed by atoms with Crippen molar-refractivity contribution >= 4 is 46.4 Å². The van der Waals surface area contributed by atoms with Crippen molar-refractivity contribution in [3.63, 3.8) is 0 Å². The Morgan fingerprint density at radius 3 is 2.57 bits per heavy atom. The molecule has 1 aromatic heterocycles. The van der Waals surface area contributed by atoms with E-state index in [1.165, 1.54) is 13.2 Å². The van der Waals surface area contributed by atoms with Gasteiger partial charge in [0.2, 0.25) is 0 Å². The van der Waals surface area contributed by atoms with Crippen LogP contribution >= 0.6 is 35.3 Å². The minimum atomic E-state index is -4.41. The molecular weight excluding hydrogens is 534 g/mol. The number of thiazole rings is 1. The average Bonchev–Trinajstić information content (AvgIpc) is 3.25. The van der Waals surface area contributed by atoms with Gasteiger partial charge in [0.25, 0.3) is 0 Å². The summed E-state index contributed by atoms with van der Waals surface area (Å²) in [4.78, 5) is 12.9. The molecule has 0 radical (unpaired) electrons. The topological polar surface area (TPSA) is 76.2 Å². The van der Waals surface area contributed by atoms with Crippen LogP contribution in [0.3, 0.4) is 0 Å². The monoisotopic (exact) mass is 557 g/mol. The Hall–Kier alpha value is -1.96. The SMILES string of the molecule is COc1cc(CN=C(N)N2CCN(c3nccs3)CC2)ccc1OCC(F)(F)F.I. The van der Waals surface area contributed by atoms with E-state index in [1.807, 2.05) is 10.3 Å². The molecule has 12 heteroatoms. The Kier molecular flexibility index (Phi) is 8.82. The number of hydrogen-bond donors (Lipinski definition) is 1. The molecule has 1 fully saturated rings. The highest BCUT2D eigenvalue weighted by molar-refractivity contribution is 14.0. The lowest BCUT2D eigenvalue weighted by Crippen LogP contribution is -2.51. The van der Waals surface area contributed by atoms with Crippen molar-refractivity contribution in [2.45, 2.75) is 12.7 Å². The number of methoxy groups -OCH3 is 1. The van der Waals surface area contributed by atoms with Crippen LogP contribution in [-0.4, -0.2) is 61.9 Å². The molecule has 3 rings (SSSR count). The highest BCUT2D eigenvalue weighted by atomic mass is 127. The van der Waals surface area contributed by atoms with Gasteiger partial charge in [-0.15, -0.1) is 35.3 Å². The maximum Gasteiger partial charge on any atom is 0.422 e. The van der Waals surface area contributed by atoms with Crippen molar-refractivity contribution in [1.82, 2.24) is 9.88 Å². The third kappa shape index (κ3) is 6.79. The third-order valence-corrected chi connectivity index (χ3v) is 5.17. The number of guanidine groups is 1. The first kappa shape index (κ1) is 24.3. The first-order valence-electron chi connectivity index (χ1n) is 8.91. The number of rotatable bonds is 6. The van der Waals surface area contributed by atoms with Crippen LogP contribution in [-0.2, 0) is 6.54 Å². The number of aliphatic imine (C=N–C) groups is 1. The largest absolute Gasteiger partial charge is 0.493 e. The Morgan fingerprint density at radius 2 is 1.97 bits per heavy atom. The van der Waals surface area contributed by atoms with Gasteiger partial charge >= 0.3 is 6.18 Å². The fraction of sp³-hybridized carbons (Fsp3) is 0.444. The van der Waals surface area contributed by atoms with Crippen molar-refractivity contribution in [1.29, 1.82) is 0 Å². The molecule has 30 heavy (non-hydrogen) atoms. The van der Waals surface area contributed by atoms with Crippen molar-refractivity contribution in [3.05, 3.63) is 35.3 Å². The highest BCUT2D eigenvalue weighted by Crippen LogP contribution is 2.30. The summed E-state index contributed by atoms with van der Waals surface area (Å²) < 4.78 is 46.9. The van der Waals surface area contributed by atoms with Gasteiger partial charge in [-0.3, -0.25) is 0 Å². The summed E-state index contributed by atoms with van der Waals surface area (Å²) in [6.07, 6.45) is -2.62. The predicted molar refractivity (Wildman–Crippen MR) is 121 cm³/mol. The van der Waals surface area contributed by atoms with Crippen LogP contribution in [0.15, 0.2) is 34.8 Å². The number of hydrogen-bond acceptors (Lipinski definition) is 6. The lowest BCUT2D eigenvalue weighted by atomic mass is 10.2. The highest BCUT2D eigenvalue weighted by Gasteiger charge is 2.29. The summed E-state index contributed by atoms with van der Waals surface area (Å²) in [5, 5.41) is 2.95. The quantitative estimate of drug-likeness (QED) is 0.334. The van der Waals surface area contributed by atoms with Gasteiger partial charge in [0, 0.05) is 37.8 Å². The molecule has 0 bridgehead atoms. The van der Waals surface area contributed by atoms with E-state index in [4.69, 9.17) is 15.2 Å². The fourth-order valence-electron chi connectivity index (χ4n) is 2.86. The standard InChI is InChI=1S/C18H22F3N5O2S.HI/c1-27-15-10-13(2-3-14(15)28-12-18(19,20)21)11-24-16(22)25-5-7-26(8-6-25)17-23-4-9-29-17;/h2-4,9-10H,5-8,11-12H2,1H3,(H2,22,24);1H. The molecule has 1 aromatic carbocycles. The van der Waals surface area contributed by atoms with Gasteiger partial charge in [-0.1, -0.05) is 6.07 Å². The maximum absolute atomic E-state index is 12.3. The molecule has 0 spiro atoms. The molecule has 2 N–H and O–H groups in total. The summed E-state index contributed by atoms with van der Waals surface area (Å²) >= 11 is 1.61. The van der Waals surface area contributed by atoms with Crippen LogP contribution in [0.4, 0.5) is 18.3 Å². The molecule has 1 aliphatic heterocycles. The number of alkyl halides is 3. The number of nitrogens with zero attached hydrogens (tertiary/aromatic N) is 4. The number of piperazine rings is 1. The zero-order valence-corrected chi connectivity index (χ0v) is 19.4. The lowest BCUT2D eigenvalue weighted by molar-refractivity contribution is -0.153. The summed E-state index contributed by atoms with van der Waals surface area (Å²) in [6.45, 7) is 2.01. The van der Waals surface area contributed by atoms with Crippen LogP contribution < -0.4 is 20.1 Å². The molecule has 0 amide bonds. The van der Waals surface area contributed by atoms with Gasteiger partial charge in [-0.25, -0.2) is 9.98 Å². The van der Waals surface area contributed by atoms with Crippen LogP contribution in [0.1, 0.15) is 5.56 Å². The zero-order valence-electron chi connectivity index (χ0n) is 16.3. The number of ether oxygens (including phenoxy) is 2. The van der Waals surface area contributed by atoms with Crippen LogP contribution in [0.25, 0.3) is 0 Å². The van der Waals surface area contributed by atoms with E-state index < -0.39 is 12.8 Å². The summed E-state index contributed by atoms with van der Waals surface area (Å²) in [6, 6.07) is 4.69. The molecular formula is C18H23F3IN5O2S. The average molecular weight is 557 g/mol. The Labute approximate surface area is 193 Å². The Bertz CT molecular complexity index is 828. The van der Waals surface area contributed by atoms with Gasteiger partial charge in [0.05, 0.1) is 13.7 Å². The van der Waals surface area contributed by atoms with E-state index in [1.54, 1.807) is 29.7 Å². The summed E-state index contributed by atoms with van der Waals surface area (Å²) in [5.74, 6) is 0.682. The molecule has 2 aromatic rings. The first-order chi connectivity index (χ1) is 13.9. The number of aromatic nitrogens is 1. The minimum absolute atomic E-state index is 0. The second-order valence-corrected chi connectivity index (χ2v) is 7.23. The maximum atomic E-state index is 12.3. The molecule has 0 aliphatic carbocycles. The summed E-state index contributed by atoms with van der Waals surface area (Å²) in [5.41, 5.74) is 6.88. The molecule has 1 aliphatic rings. The van der Waals surface area contributed by atoms with Crippen molar-refractivity contribution in [3.8, 4) is 11.5 Å². The van der Waals surface area contributed by atoms with E-state index in [0.717, 1.165) is 36.9 Å². The minimum Gasteiger partial charge on any atom is -0.493 e. The van der Waals surface area contributed by atoms with E-state index >= 15 is 0 Å².